The number of rotatable bonds is 8. The van der Waals surface area contributed by atoms with E-state index in [4.69, 9.17) is 25.1 Å². The largest absolute Gasteiger partial charge is 0.497 e. The first-order valence-corrected chi connectivity index (χ1v) is 8.59. The summed E-state index contributed by atoms with van der Waals surface area (Å²) in [5.74, 6) is 2.60. The Balaban J connectivity index is 1.98. The Bertz CT molecular complexity index is 927. The van der Waals surface area contributed by atoms with E-state index in [1.165, 1.54) is 0 Å². The molecular weight excluding hydrogens is 360 g/mol. The summed E-state index contributed by atoms with van der Waals surface area (Å²) in [7, 11) is 3.18. The highest BCUT2D eigenvalue weighted by Crippen LogP contribution is 2.33. The van der Waals surface area contributed by atoms with E-state index < -0.39 is 0 Å². The summed E-state index contributed by atoms with van der Waals surface area (Å²) < 4.78 is 16.1. The molecule has 8 heteroatoms. The molecular formula is C20H22N4O4. The third-order valence-corrected chi connectivity index (χ3v) is 3.93. The summed E-state index contributed by atoms with van der Waals surface area (Å²) in [6.07, 6.45) is 1.65. The molecule has 0 radical (unpaired) electrons. The van der Waals surface area contributed by atoms with Gasteiger partial charge in [0.05, 0.1) is 20.8 Å². The second kappa shape index (κ2) is 8.92. The van der Waals surface area contributed by atoms with Crippen molar-refractivity contribution in [3.63, 3.8) is 0 Å². The molecule has 8 nitrogen and oxygen atoms in total. The van der Waals surface area contributed by atoms with Crippen LogP contribution in [-0.4, -0.2) is 42.5 Å². The van der Waals surface area contributed by atoms with E-state index >= 15 is 0 Å². The highest BCUT2D eigenvalue weighted by molar-refractivity contribution is 5.79. The average molecular weight is 382 g/mol. The zero-order chi connectivity index (χ0) is 19.9. The minimum atomic E-state index is -0.0559. The molecule has 0 fully saturated rings. The number of methoxy groups -OCH3 is 2. The van der Waals surface area contributed by atoms with Crippen LogP contribution in [0.2, 0.25) is 0 Å². The number of anilines is 3. The molecule has 0 amide bonds. The molecule has 0 atom stereocenters. The first kappa shape index (κ1) is 19.2. The highest BCUT2D eigenvalue weighted by atomic mass is 16.5. The molecule has 146 valence electrons. The van der Waals surface area contributed by atoms with Crippen molar-refractivity contribution in [2.75, 3.05) is 38.5 Å². The lowest BCUT2D eigenvalue weighted by molar-refractivity contribution is 0.201. The summed E-state index contributed by atoms with van der Waals surface area (Å²) in [4.78, 5) is 8.45. The minimum absolute atomic E-state index is 0.0559. The van der Waals surface area contributed by atoms with Gasteiger partial charge < -0.3 is 30.4 Å². The number of hydrogen-bond donors (Lipinski definition) is 3. The van der Waals surface area contributed by atoms with Crippen molar-refractivity contribution in [3.05, 3.63) is 48.7 Å². The topological polar surface area (TPSA) is 112 Å². The summed E-state index contributed by atoms with van der Waals surface area (Å²) >= 11 is 0. The number of aromatic nitrogens is 2. The van der Waals surface area contributed by atoms with Gasteiger partial charge in [0, 0.05) is 35.6 Å². The number of nitrogens with one attached hydrogen (secondary N) is 1. The molecule has 1 aromatic heterocycles. The van der Waals surface area contributed by atoms with Crippen LogP contribution in [0.25, 0.3) is 11.1 Å². The number of nitrogens with zero attached hydrogens (tertiary/aromatic N) is 2. The number of benzene rings is 2. The normalized spacial score (nSPS) is 10.4. The predicted octanol–water partition coefficient (Wildman–Crippen LogP) is 2.86. The van der Waals surface area contributed by atoms with Crippen LogP contribution in [0.3, 0.4) is 0 Å². The molecule has 28 heavy (non-hydrogen) atoms. The maximum atomic E-state index is 8.95. The fourth-order valence-corrected chi connectivity index (χ4v) is 2.64. The summed E-state index contributed by atoms with van der Waals surface area (Å²) in [6, 6.07) is 12.9. The Morgan fingerprint density at radius 1 is 1.04 bits per heavy atom. The van der Waals surface area contributed by atoms with Crippen molar-refractivity contribution in [1.29, 1.82) is 0 Å². The number of hydrogen-bond acceptors (Lipinski definition) is 8. The summed E-state index contributed by atoms with van der Waals surface area (Å²) in [5, 5.41) is 12.2. The molecule has 0 aliphatic carbocycles. The quantitative estimate of drug-likeness (QED) is 0.545. The Kier molecular flexibility index (Phi) is 6.13. The molecule has 2 aromatic carbocycles. The van der Waals surface area contributed by atoms with Crippen LogP contribution in [0.1, 0.15) is 0 Å². The number of aliphatic hydroxyl groups is 1. The Morgan fingerprint density at radius 3 is 2.46 bits per heavy atom. The molecule has 0 aliphatic heterocycles. The molecule has 4 N–H and O–H groups in total. The molecule has 0 bridgehead atoms. The third kappa shape index (κ3) is 4.60. The van der Waals surface area contributed by atoms with Crippen LogP contribution in [0, 0.1) is 0 Å². The van der Waals surface area contributed by atoms with E-state index in [0.29, 0.717) is 23.1 Å². The SMILES string of the molecule is COc1cc(Nc2nc(N)ncc2-c2cccc(OCCO)c2)cc(OC)c1. The number of aliphatic hydroxyl groups excluding tert-OH is 1. The molecule has 3 rings (SSSR count). The van der Waals surface area contributed by atoms with E-state index in [2.05, 4.69) is 15.3 Å². The van der Waals surface area contributed by atoms with Gasteiger partial charge in [0.1, 0.15) is 29.7 Å². The maximum Gasteiger partial charge on any atom is 0.221 e. The lowest BCUT2D eigenvalue weighted by Gasteiger charge is -2.14. The smallest absolute Gasteiger partial charge is 0.221 e. The Morgan fingerprint density at radius 2 is 1.79 bits per heavy atom. The van der Waals surface area contributed by atoms with Crippen LogP contribution in [0.4, 0.5) is 17.5 Å². The zero-order valence-electron chi connectivity index (χ0n) is 15.7. The molecule has 0 unspecified atom stereocenters. The second-order valence-electron chi connectivity index (χ2n) is 5.82. The van der Waals surface area contributed by atoms with Gasteiger partial charge in [-0.15, -0.1) is 0 Å². The summed E-state index contributed by atoms with van der Waals surface area (Å²) in [6.45, 7) is 0.163. The van der Waals surface area contributed by atoms with Crippen molar-refractivity contribution in [3.8, 4) is 28.4 Å². The van der Waals surface area contributed by atoms with Crippen LogP contribution in [0.5, 0.6) is 17.2 Å². The van der Waals surface area contributed by atoms with Crippen molar-refractivity contribution in [2.24, 2.45) is 0 Å². The Hall–Kier alpha value is -3.52. The summed E-state index contributed by atoms with van der Waals surface area (Å²) in [5.41, 5.74) is 8.11. The minimum Gasteiger partial charge on any atom is -0.497 e. The Labute approximate surface area is 162 Å². The van der Waals surface area contributed by atoms with Crippen LogP contribution >= 0.6 is 0 Å². The molecule has 3 aromatic rings. The molecule has 0 aliphatic rings. The third-order valence-electron chi connectivity index (χ3n) is 3.93. The standard InChI is InChI=1S/C20H22N4O4/c1-26-16-9-14(10-17(11-16)27-2)23-19-18(12-22-20(21)24-19)13-4-3-5-15(8-13)28-7-6-25/h3-5,8-12,25H,6-7H2,1-2H3,(H3,21,22,23,24). The van der Waals surface area contributed by atoms with Gasteiger partial charge in [0.2, 0.25) is 5.95 Å². The predicted molar refractivity (Wildman–Crippen MR) is 107 cm³/mol. The van der Waals surface area contributed by atoms with Gasteiger partial charge in [-0.25, -0.2) is 4.98 Å². The highest BCUT2D eigenvalue weighted by Gasteiger charge is 2.11. The second-order valence-corrected chi connectivity index (χ2v) is 5.82. The van der Waals surface area contributed by atoms with Gasteiger partial charge in [-0.3, -0.25) is 0 Å². The van der Waals surface area contributed by atoms with Gasteiger partial charge in [0.25, 0.3) is 0 Å². The molecule has 0 spiro atoms. The first-order chi connectivity index (χ1) is 13.6. The van der Waals surface area contributed by atoms with Gasteiger partial charge in [-0.1, -0.05) is 12.1 Å². The van der Waals surface area contributed by atoms with Gasteiger partial charge >= 0.3 is 0 Å². The van der Waals surface area contributed by atoms with E-state index in [0.717, 1.165) is 16.8 Å². The number of nitrogen functional groups attached to an aromatic ring is 1. The van der Waals surface area contributed by atoms with E-state index in [1.54, 1.807) is 26.5 Å². The van der Waals surface area contributed by atoms with Crippen LogP contribution in [0.15, 0.2) is 48.7 Å². The van der Waals surface area contributed by atoms with Crippen molar-refractivity contribution in [2.45, 2.75) is 0 Å². The van der Waals surface area contributed by atoms with Crippen molar-refractivity contribution < 1.29 is 19.3 Å². The van der Waals surface area contributed by atoms with Crippen molar-refractivity contribution >= 4 is 17.5 Å². The van der Waals surface area contributed by atoms with E-state index in [-0.39, 0.29) is 19.2 Å². The monoisotopic (exact) mass is 382 g/mol. The fourth-order valence-electron chi connectivity index (χ4n) is 2.64. The number of nitrogens with two attached hydrogens (primary N) is 1. The molecule has 0 saturated carbocycles. The zero-order valence-corrected chi connectivity index (χ0v) is 15.7. The fraction of sp³-hybridized carbons (Fsp3) is 0.200. The van der Waals surface area contributed by atoms with E-state index in [1.807, 2.05) is 36.4 Å². The number of ether oxygens (including phenoxy) is 3. The van der Waals surface area contributed by atoms with Gasteiger partial charge in [0.15, 0.2) is 0 Å². The first-order valence-electron chi connectivity index (χ1n) is 8.59. The molecule has 0 saturated heterocycles. The molecule has 1 heterocycles. The van der Waals surface area contributed by atoms with Gasteiger partial charge in [-0.2, -0.15) is 4.98 Å². The lowest BCUT2D eigenvalue weighted by atomic mass is 10.1. The lowest BCUT2D eigenvalue weighted by Crippen LogP contribution is -2.03. The average Bonchev–Trinajstić information content (AvgIpc) is 2.72. The van der Waals surface area contributed by atoms with E-state index in [9.17, 15) is 0 Å². The van der Waals surface area contributed by atoms with Crippen molar-refractivity contribution in [1.82, 2.24) is 9.97 Å². The van der Waals surface area contributed by atoms with Gasteiger partial charge in [-0.05, 0) is 17.7 Å². The van der Waals surface area contributed by atoms with Crippen LogP contribution in [-0.2, 0) is 0 Å². The van der Waals surface area contributed by atoms with Crippen LogP contribution < -0.4 is 25.3 Å². The maximum absolute atomic E-state index is 8.95.